The zero-order chi connectivity index (χ0) is 31.1. The molecule has 0 aliphatic carbocycles. The van der Waals surface area contributed by atoms with E-state index in [-0.39, 0.29) is 24.2 Å². The molecule has 0 heterocycles. The second-order valence-electron chi connectivity index (χ2n) is 11.0. The Labute approximate surface area is 249 Å². The Balaban J connectivity index is 1.41. The van der Waals surface area contributed by atoms with Gasteiger partial charge in [0.1, 0.15) is 0 Å². The molecule has 0 aliphatic rings. The van der Waals surface area contributed by atoms with E-state index in [1.807, 2.05) is 72.8 Å². The zero-order valence-corrected chi connectivity index (χ0v) is 22.7. The molecule has 0 aliphatic heterocycles. The van der Waals surface area contributed by atoms with Gasteiger partial charge in [0.05, 0.1) is 5.48 Å². The van der Waals surface area contributed by atoms with Crippen molar-refractivity contribution < 1.29 is 5.48 Å². The first-order chi connectivity index (χ1) is 22.5. The Morgan fingerprint density at radius 1 is 0.333 bits per heavy atom. The van der Waals surface area contributed by atoms with Gasteiger partial charge in [0.25, 0.3) is 0 Å². The smallest absolute Gasteiger partial charge is 0.0616 e. The highest BCUT2D eigenvalue weighted by Gasteiger charge is 2.15. The summed E-state index contributed by atoms with van der Waals surface area (Å²) in [4.78, 5) is 0. The van der Waals surface area contributed by atoms with Crippen LogP contribution in [-0.4, -0.2) is 0 Å². The molecule has 9 aromatic rings. The topological polar surface area (TPSA) is 0 Å². The SMILES string of the molecule is [2H]c1c([2H])c(-c2c3ccccc3cc3ccc4ccccc4c23)c([2H])c([2H])c1-c1cc2ccc3ccccc3c2c2ccccc12. The van der Waals surface area contributed by atoms with E-state index in [1.54, 1.807) is 0 Å². The van der Waals surface area contributed by atoms with Gasteiger partial charge >= 0.3 is 0 Å². The Morgan fingerprint density at radius 2 is 0.810 bits per heavy atom. The lowest BCUT2D eigenvalue weighted by Gasteiger charge is -2.16. The molecule has 9 rings (SSSR count). The first kappa shape index (κ1) is 19.6. The fourth-order valence-corrected chi connectivity index (χ4v) is 6.76. The molecule has 0 amide bonds. The molecular formula is C42H26. The lowest BCUT2D eigenvalue weighted by Crippen LogP contribution is -1.89. The monoisotopic (exact) mass is 534 g/mol. The summed E-state index contributed by atoms with van der Waals surface area (Å²) in [5.74, 6) is 0. The summed E-state index contributed by atoms with van der Waals surface area (Å²) >= 11 is 0. The highest BCUT2D eigenvalue weighted by molar-refractivity contribution is 6.24. The summed E-state index contributed by atoms with van der Waals surface area (Å²) in [5.41, 5.74) is 2.09. The molecule has 0 aromatic heterocycles. The van der Waals surface area contributed by atoms with Crippen LogP contribution in [0.3, 0.4) is 0 Å². The van der Waals surface area contributed by atoms with E-state index in [0.717, 1.165) is 70.2 Å². The lowest BCUT2D eigenvalue weighted by molar-refractivity contribution is 1.65. The van der Waals surface area contributed by atoms with Crippen molar-refractivity contribution in [2.75, 3.05) is 0 Å². The van der Waals surface area contributed by atoms with Crippen molar-refractivity contribution in [1.82, 2.24) is 0 Å². The number of fused-ring (bicyclic) bond motifs is 9. The third-order valence-corrected chi connectivity index (χ3v) is 8.64. The average molecular weight is 535 g/mol. The van der Waals surface area contributed by atoms with E-state index in [1.165, 1.54) is 0 Å². The Kier molecular flexibility index (Phi) is 4.21. The molecule has 0 heteroatoms. The average Bonchev–Trinajstić information content (AvgIpc) is 3.10. The standard InChI is InChI=1S/C42H26/c1-4-12-34-27(9-1)20-24-33-26-39(37-15-7-8-16-38(37)40(33)34)29-17-21-30(22-18-29)41-36-14-6-3-11-31(36)25-32-23-19-28-10-2-5-13-35(28)42(32)41/h1-26H/i17D,18D,21D,22D. The summed E-state index contributed by atoms with van der Waals surface area (Å²) in [6.45, 7) is 0. The minimum absolute atomic E-state index is 0.0377. The van der Waals surface area contributed by atoms with Crippen LogP contribution in [0.15, 0.2) is 158 Å². The first-order valence-corrected chi connectivity index (χ1v) is 14.3. The number of rotatable bonds is 2. The van der Waals surface area contributed by atoms with Gasteiger partial charge < -0.3 is 0 Å². The fourth-order valence-electron chi connectivity index (χ4n) is 6.76. The van der Waals surface area contributed by atoms with Crippen molar-refractivity contribution in [3.05, 3.63) is 158 Å². The van der Waals surface area contributed by atoms with Gasteiger partial charge in [-0.2, -0.15) is 0 Å². The molecule has 0 N–H and O–H groups in total. The number of hydrogen-bond acceptors (Lipinski definition) is 0. The minimum atomic E-state index is -0.0392. The summed E-state index contributed by atoms with van der Waals surface area (Å²) in [7, 11) is 0. The normalized spacial score (nSPS) is 13.1. The molecular weight excluding hydrogens is 504 g/mol. The van der Waals surface area contributed by atoms with Crippen LogP contribution < -0.4 is 0 Å². The molecule has 9 aromatic carbocycles. The van der Waals surface area contributed by atoms with Gasteiger partial charge in [-0.05, 0) is 99.0 Å². The van der Waals surface area contributed by atoms with Crippen molar-refractivity contribution in [3.63, 3.8) is 0 Å². The van der Waals surface area contributed by atoms with Crippen LogP contribution in [0.1, 0.15) is 5.48 Å². The molecule has 0 unspecified atom stereocenters. The molecule has 0 fully saturated rings. The maximum atomic E-state index is 9.51. The molecule has 0 spiro atoms. The molecule has 0 atom stereocenters. The highest BCUT2D eigenvalue weighted by Crippen LogP contribution is 2.42. The van der Waals surface area contributed by atoms with Crippen molar-refractivity contribution in [2.24, 2.45) is 0 Å². The molecule has 194 valence electrons. The molecule has 0 saturated heterocycles. The number of hydrogen-bond donors (Lipinski definition) is 0. The lowest BCUT2D eigenvalue weighted by atomic mass is 9.87. The largest absolute Gasteiger partial charge is 0.0629 e. The second kappa shape index (κ2) is 9.03. The Hall–Kier alpha value is -5.46. The van der Waals surface area contributed by atoms with Crippen LogP contribution in [0.25, 0.3) is 86.9 Å². The highest BCUT2D eigenvalue weighted by atomic mass is 14.2. The quantitative estimate of drug-likeness (QED) is 0.153. The van der Waals surface area contributed by atoms with E-state index in [9.17, 15) is 5.48 Å². The third-order valence-electron chi connectivity index (χ3n) is 8.64. The second-order valence-corrected chi connectivity index (χ2v) is 11.0. The van der Waals surface area contributed by atoms with Gasteiger partial charge in [-0.15, -0.1) is 0 Å². The van der Waals surface area contributed by atoms with Gasteiger partial charge in [-0.3, -0.25) is 0 Å². The van der Waals surface area contributed by atoms with E-state index in [4.69, 9.17) is 0 Å². The van der Waals surface area contributed by atoms with E-state index in [0.29, 0.717) is 16.7 Å². The first-order valence-electron chi connectivity index (χ1n) is 16.3. The predicted molar refractivity (Wildman–Crippen MR) is 182 cm³/mol. The van der Waals surface area contributed by atoms with Gasteiger partial charge in [0.15, 0.2) is 0 Å². The zero-order valence-electron chi connectivity index (χ0n) is 26.7. The van der Waals surface area contributed by atoms with Crippen molar-refractivity contribution in [1.29, 1.82) is 0 Å². The van der Waals surface area contributed by atoms with Gasteiger partial charge in [-0.1, -0.05) is 145 Å². The maximum Gasteiger partial charge on any atom is 0.0629 e. The van der Waals surface area contributed by atoms with Gasteiger partial charge in [-0.25, -0.2) is 0 Å². The molecule has 42 heavy (non-hydrogen) atoms. The Morgan fingerprint density at radius 3 is 1.50 bits per heavy atom. The summed E-state index contributed by atoms with van der Waals surface area (Å²) in [6.07, 6.45) is 0. The molecule has 0 radical (unpaired) electrons. The maximum absolute atomic E-state index is 9.51. The fraction of sp³-hybridized carbons (Fsp3) is 0. The summed E-state index contributed by atoms with van der Waals surface area (Å²) in [6, 6.07) is 45.0. The van der Waals surface area contributed by atoms with Crippen molar-refractivity contribution in [2.45, 2.75) is 0 Å². The predicted octanol–water partition coefficient (Wildman–Crippen LogP) is 11.9. The van der Waals surface area contributed by atoms with Gasteiger partial charge in [0.2, 0.25) is 0 Å². The molecule has 0 nitrogen and oxygen atoms in total. The Bertz CT molecular complexity index is 2710. The molecule has 0 bridgehead atoms. The van der Waals surface area contributed by atoms with Crippen LogP contribution >= 0.6 is 0 Å². The van der Waals surface area contributed by atoms with Crippen molar-refractivity contribution >= 4 is 64.6 Å². The van der Waals surface area contributed by atoms with Crippen molar-refractivity contribution in [3.8, 4) is 22.3 Å². The van der Waals surface area contributed by atoms with Crippen LogP contribution in [0.4, 0.5) is 0 Å². The van der Waals surface area contributed by atoms with Crippen LogP contribution in [0.5, 0.6) is 0 Å². The summed E-state index contributed by atoms with van der Waals surface area (Å²) in [5, 5.41) is 12.3. The third kappa shape index (κ3) is 3.42. The van der Waals surface area contributed by atoms with E-state index in [2.05, 4.69) is 60.7 Å². The van der Waals surface area contributed by atoms with E-state index < -0.39 is 0 Å². The van der Waals surface area contributed by atoms with Crippen LogP contribution in [0, 0.1) is 0 Å². The van der Waals surface area contributed by atoms with Crippen LogP contribution in [-0.2, 0) is 0 Å². The number of benzene rings is 9. The van der Waals surface area contributed by atoms with Crippen LogP contribution in [0.2, 0.25) is 0 Å². The van der Waals surface area contributed by atoms with E-state index >= 15 is 0 Å². The summed E-state index contributed by atoms with van der Waals surface area (Å²) < 4.78 is 37.9. The minimum Gasteiger partial charge on any atom is -0.0616 e. The molecule has 0 saturated carbocycles. The van der Waals surface area contributed by atoms with Gasteiger partial charge in [0, 0.05) is 0 Å².